The number of benzene rings is 1. The van der Waals surface area contributed by atoms with Crippen LogP contribution in [-0.4, -0.2) is 14.6 Å². The highest BCUT2D eigenvalue weighted by Crippen LogP contribution is 2.22. The van der Waals surface area contributed by atoms with Crippen LogP contribution in [0.3, 0.4) is 0 Å². The number of nitrogens with zero attached hydrogens (tertiary/aromatic N) is 3. The molecule has 1 unspecified atom stereocenters. The molecule has 0 radical (unpaired) electrons. The zero-order chi connectivity index (χ0) is 12.0. The van der Waals surface area contributed by atoms with Crippen LogP contribution in [0.5, 0.6) is 0 Å². The molecule has 2 aromatic heterocycles. The fourth-order valence-corrected chi connectivity index (χ4v) is 2.85. The van der Waals surface area contributed by atoms with Gasteiger partial charge in [-0.25, -0.2) is 4.40 Å². The van der Waals surface area contributed by atoms with Crippen molar-refractivity contribution in [2.45, 2.75) is 12.3 Å². The van der Waals surface area contributed by atoms with Crippen molar-refractivity contribution in [3.8, 4) is 0 Å². The normalized spacial score (nSPS) is 13.3. The third-order valence-electron chi connectivity index (χ3n) is 2.54. The smallest absolute Gasteiger partial charge is 0.267 e. The van der Waals surface area contributed by atoms with E-state index >= 15 is 0 Å². The first kappa shape index (κ1) is 10.7. The first-order valence-corrected chi connectivity index (χ1v) is 6.34. The Bertz CT molecular complexity index is 762. The summed E-state index contributed by atoms with van der Waals surface area (Å²) < 4.78 is 2.40. The third-order valence-corrected chi connectivity index (χ3v) is 3.75. The number of alkyl halides is 1. The van der Waals surface area contributed by atoms with E-state index in [1.807, 2.05) is 18.2 Å². The van der Waals surface area contributed by atoms with Crippen LogP contribution in [0.4, 0.5) is 0 Å². The molecule has 0 N–H and O–H groups in total. The molecule has 0 amide bonds. The summed E-state index contributed by atoms with van der Waals surface area (Å²) in [6, 6.07) is 7.45. The zero-order valence-corrected chi connectivity index (χ0v) is 10.5. The summed E-state index contributed by atoms with van der Waals surface area (Å²) in [7, 11) is 0. The van der Waals surface area contributed by atoms with Gasteiger partial charge in [0, 0.05) is 4.70 Å². The van der Waals surface area contributed by atoms with Crippen LogP contribution in [-0.2, 0) is 0 Å². The molecule has 1 atom stereocenters. The van der Waals surface area contributed by atoms with Gasteiger partial charge in [0.05, 0.1) is 10.8 Å². The molecule has 4 nitrogen and oxygen atoms in total. The maximum Gasteiger partial charge on any atom is 0.267 e. The quantitative estimate of drug-likeness (QED) is 0.636. The van der Waals surface area contributed by atoms with Gasteiger partial charge in [-0.3, -0.25) is 4.79 Å². The lowest BCUT2D eigenvalue weighted by Crippen LogP contribution is -2.14. The van der Waals surface area contributed by atoms with Gasteiger partial charge in [-0.15, -0.1) is 21.8 Å². The van der Waals surface area contributed by atoms with Crippen molar-refractivity contribution in [2.24, 2.45) is 0 Å². The summed E-state index contributed by atoms with van der Waals surface area (Å²) in [4.78, 5) is 12.9. The lowest BCUT2D eigenvalue weighted by molar-refractivity contribution is 0.873. The second-order valence-corrected chi connectivity index (χ2v) is 5.36. The Balaban J connectivity index is 2.54. The van der Waals surface area contributed by atoms with E-state index in [-0.39, 0.29) is 10.9 Å². The van der Waals surface area contributed by atoms with Crippen LogP contribution < -0.4 is 5.56 Å². The van der Waals surface area contributed by atoms with Gasteiger partial charge in [0.1, 0.15) is 0 Å². The van der Waals surface area contributed by atoms with Crippen molar-refractivity contribution in [1.82, 2.24) is 14.6 Å². The lowest BCUT2D eigenvalue weighted by atomic mass is 10.3. The van der Waals surface area contributed by atoms with E-state index in [1.165, 1.54) is 15.7 Å². The minimum Gasteiger partial charge on any atom is -0.268 e. The zero-order valence-electron chi connectivity index (χ0n) is 8.92. The van der Waals surface area contributed by atoms with Gasteiger partial charge < -0.3 is 0 Å². The van der Waals surface area contributed by atoms with Gasteiger partial charge in [-0.2, -0.15) is 0 Å². The summed E-state index contributed by atoms with van der Waals surface area (Å²) in [6.45, 7) is 1.78. The lowest BCUT2D eigenvalue weighted by Gasteiger charge is -2.01. The molecule has 0 fully saturated rings. The topological polar surface area (TPSA) is 47.3 Å². The van der Waals surface area contributed by atoms with E-state index in [4.69, 9.17) is 11.6 Å². The summed E-state index contributed by atoms with van der Waals surface area (Å²) in [5.74, 6) is 0.494. The van der Waals surface area contributed by atoms with Gasteiger partial charge >= 0.3 is 0 Å². The Morgan fingerprint density at radius 2 is 2.12 bits per heavy atom. The molecule has 3 rings (SSSR count). The highest BCUT2D eigenvalue weighted by atomic mass is 35.5. The largest absolute Gasteiger partial charge is 0.268 e. The SMILES string of the molecule is CC(Cl)c1nnc2sc3ccccc3c(=O)n12. The molecule has 6 heteroatoms. The average molecular weight is 266 g/mol. The molecule has 0 saturated carbocycles. The number of hydrogen-bond acceptors (Lipinski definition) is 4. The van der Waals surface area contributed by atoms with Crippen molar-refractivity contribution in [2.75, 3.05) is 0 Å². The second kappa shape index (κ2) is 3.78. The number of halogens is 1. The van der Waals surface area contributed by atoms with Gasteiger partial charge in [-0.05, 0) is 19.1 Å². The van der Waals surface area contributed by atoms with Crippen LogP contribution in [0.1, 0.15) is 18.1 Å². The molecule has 17 heavy (non-hydrogen) atoms. The number of hydrogen-bond donors (Lipinski definition) is 0. The van der Waals surface area contributed by atoms with Crippen LogP contribution in [0.25, 0.3) is 15.0 Å². The minimum atomic E-state index is -0.342. The molecule has 0 aliphatic heterocycles. The van der Waals surface area contributed by atoms with E-state index < -0.39 is 0 Å². The van der Waals surface area contributed by atoms with Crippen LogP contribution in [0.15, 0.2) is 29.1 Å². The van der Waals surface area contributed by atoms with E-state index in [2.05, 4.69) is 10.2 Å². The van der Waals surface area contributed by atoms with Gasteiger partial charge in [0.25, 0.3) is 5.56 Å². The van der Waals surface area contributed by atoms with Gasteiger partial charge in [0.15, 0.2) is 5.82 Å². The van der Waals surface area contributed by atoms with Crippen molar-refractivity contribution >= 4 is 38.0 Å². The Hall–Kier alpha value is -1.46. The van der Waals surface area contributed by atoms with Crippen molar-refractivity contribution in [1.29, 1.82) is 0 Å². The van der Waals surface area contributed by atoms with E-state index in [0.29, 0.717) is 16.2 Å². The standard InChI is InChI=1S/C11H8ClN3OS/c1-6(12)9-13-14-11-15(9)10(16)7-4-2-3-5-8(7)17-11/h2-6H,1H3. The summed E-state index contributed by atoms with van der Waals surface area (Å²) in [5, 5.41) is 8.30. The molecule has 0 spiro atoms. The molecule has 0 aliphatic carbocycles. The summed E-state index contributed by atoms with van der Waals surface area (Å²) >= 11 is 7.42. The maximum absolute atomic E-state index is 12.3. The Labute approximate surface area is 105 Å². The molecule has 2 heterocycles. The third kappa shape index (κ3) is 1.54. The van der Waals surface area contributed by atoms with Crippen molar-refractivity contribution < 1.29 is 0 Å². The summed E-state index contributed by atoms with van der Waals surface area (Å²) in [5.41, 5.74) is -0.109. The maximum atomic E-state index is 12.3. The average Bonchev–Trinajstić information content (AvgIpc) is 2.73. The van der Waals surface area contributed by atoms with E-state index in [9.17, 15) is 4.79 Å². The van der Waals surface area contributed by atoms with Crippen LogP contribution >= 0.6 is 22.9 Å². The minimum absolute atomic E-state index is 0.109. The first-order chi connectivity index (χ1) is 8.18. The predicted molar refractivity (Wildman–Crippen MR) is 68.9 cm³/mol. The Morgan fingerprint density at radius 3 is 2.88 bits per heavy atom. The fourth-order valence-electron chi connectivity index (χ4n) is 1.75. The van der Waals surface area contributed by atoms with Crippen LogP contribution in [0.2, 0.25) is 0 Å². The molecule has 1 aromatic carbocycles. The van der Waals surface area contributed by atoms with E-state index in [0.717, 1.165) is 4.70 Å². The molecular weight excluding hydrogens is 258 g/mol. The molecule has 0 bridgehead atoms. The number of rotatable bonds is 1. The Kier molecular flexibility index (Phi) is 2.38. The monoisotopic (exact) mass is 265 g/mol. The number of fused-ring (bicyclic) bond motifs is 2. The summed E-state index contributed by atoms with van der Waals surface area (Å²) in [6.07, 6.45) is 0. The van der Waals surface area contributed by atoms with Crippen LogP contribution in [0, 0.1) is 0 Å². The van der Waals surface area contributed by atoms with Crippen molar-refractivity contribution in [3.63, 3.8) is 0 Å². The van der Waals surface area contributed by atoms with Gasteiger partial charge in [0.2, 0.25) is 4.96 Å². The van der Waals surface area contributed by atoms with Gasteiger partial charge in [-0.1, -0.05) is 23.5 Å². The molecule has 3 aromatic rings. The molecule has 0 aliphatic rings. The molecular formula is C11H8ClN3OS. The number of aromatic nitrogens is 3. The highest BCUT2D eigenvalue weighted by Gasteiger charge is 2.15. The Morgan fingerprint density at radius 1 is 1.35 bits per heavy atom. The fraction of sp³-hybridized carbons (Fsp3) is 0.182. The van der Waals surface area contributed by atoms with E-state index in [1.54, 1.807) is 13.0 Å². The molecule has 86 valence electrons. The molecule has 0 saturated heterocycles. The first-order valence-electron chi connectivity index (χ1n) is 5.09. The predicted octanol–water partition coefficient (Wildman–Crippen LogP) is 2.60. The highest BCUT2D eigenvalue weighted by molar-refractivity contribution is 7.23. The van der Waals surface area contributed by atoms with Crippen molar-refractivity contribution in [3.05, 3.63) is 40.4 Å². The second-order valence-electron chi connectivity index (χ2n) is 3.70.